The van der Waals surface area contributed by atoms with Crippen LogP contribution in [0.1, 0.15) is 11.3 Å². The highest BCUT2D eigenvalue weighted by atomic mass is 16.5. The van der Waals surface area contributed by atoms with Crippen LogP contribution in [0, 0.1) is 6.92 Å². The highest BCUT2D eigenvalue weighted by molar-refractivity contribution is 5.12. The molecule has 4 heteroatoms. The molecule has 0 saturated carbocycles. The molecule has 1 heterocycles. The van der Waals surface area contributed by atoms with Gasteiger partial charge >= 0.3 is 0 Å². The number of aromatic nitrogens is 1. The van der Waals surface area contributed by atoms with Crippen LogP contribution in [0.15, 0.2) is 18.3 Å². The Labute approximate surface area is 96.9 Å². The number of hydrogen-bond acceptors (Lipinski definition) is 4. The van der Waals surface area contributed by atoms with Crippen LogP contribution in [0.4, 0.5) is 0 Å². The standard InChI is InChI=1S/C12H20N2O2/c1-11-3-4-12(13-9-11)10-14(5-7-15)6-8-16-2/h3-4,9,15H,5-8,10H2,1-2H3. The van der Waals surface area contributed by atoms with Crippen molar-refractivity contribution >= 4 is 0 Å². The lowest BCUT2D eigenvalue weighted by Gasteiger charge is -2.20. The van der Waals surface area contributed by atoms with Crippen LogP contribution < -0.4 is 0 Å². The van der Waals surface area contributed by atoms with Crippen molar-refractivity contribution in [2.45, 2.75) is 13.5 Å². The number of aryl methyl sites for hydroxylation is 1. The van der Waals surface area contributed by atoms with E-state index >= 15 is 0 Å². The van der Waals surface area contributed by atoms with Gasteiger partial charge in [-0.3, -0.25) is 9.88 Å². The van der Waals surface area contributed by atoms with Gasteiger partial charge in [-0.1, -0.05) is 6.07 Å². The van der Waals surface area contributed by atoms with E-state index in [4.69, 9.17) is 9.84 Å². The fourth-order valence-electron chi connectivity index (χ4n) is 1.45. The second-order valence-corrected chi connectivity index (χ2v) is 3.82. The second kappa shape index (κ2) is 7.33. The predicted molar refractivity (Wildman–Crippen MR) is 63.2 cm³/mol. The van der Waals surface area contributed by atoms with Gasteiger partial charge in [0.25, 0.3) is 0 Å². The van der Waals surface area contributed by atoms with Crippen LogP contribution >= 0.6 is 0 Å². The highest BCUT2D eigenvalue weighted by Gasteiger charge is 2.05. The van der Waals surface area contributed by atoms with Gasteiger partial charge in [0.1, 0.15) is 0 Å². The second-order valence-electron chi connectivity index (χ2n) is 3.82. The number of hydrogen-bond donors (Lipinski definition) is 1. The van der Waals surface area contributed by atoms with E-state index in [1.54, 1.807) is 7.11 Å². The van der Waals surface area contributed by atoms with E-state index < -0.39 is 0 Å². The molecule has 0 aliphatic carbocycles. The van der Waals surface area contributed by atoms with Gasteiger partial charge in [-0.15, -0.1) is 0 Å². The van der Waals surface area contributed by atoms with Gasteiger partial charge in [0.2, 0.25) is 0 Å². The third-order valence-electron chi connectivity index (χ3n) is 2.39. The Morgan fingerprint density at radius 1 is 1.38 bits per heavy atom. The monoisotopic (exact) mass is 224 g/mol. The first-order valence-corrected chi connectivity index (χ1v) is 5.50. The van der Waals surface area contributed by atoms with Crippen molar-refractivity contribution in [2.24, 2.45) is 0 Å². The third-order valence-corrected chi connectivity index (χ3v) is 2.39. The summed E-state index contributed by atoms with van der Waals surface area (Å²) < 4.78 is 5.03. The van der Waals surface area contributed by atoms with Gasteiger partial charge < -0.3 is 9.84 Å². The summed E-state index contributed by atoms with van der Waals surface area (Å²) >= 11 is 0. The quantitative estimate of drug-likeness (QED) is 0.745. The summed E-state index contributed by atoms with van der Waals surface area (Å²) in [6, 6.07) is 4.07. The van der Waals surface area contributed by atoms with Gasteiger partial charge in [0.15, 0.2) is 0 Å². The van der Waals surface area contributed by atoms with Gasteiger partial charge in [-0.2, -0.15) is 0 Å². The number of ether oxygens (including phenoxy) is 1. The Kier molecular flexibility index (Phi) is 6.00. The molecule has 0 unspecified atom stereocenters. The maximum Gasteiger partial charge on any atom is 0.0589 e. The first kappa shape index (κ1) is 13.1. The normalized spacial score (nSPS) is 11.0. The molecule has 0 amide bonds. The van der Waals surface area contributed by atoms with Gasteiger partial charge in [0, 0.05) is 32.9 Å². The number of aliphatic hydroxyl groups is 1. The Morgan fingerprint density at radius 3 is 2.75 bits per heavy atom. The molecule has 0 aromatic carbocycles. The number of nitrogens with zero attached hydrogens (tertiary/aromatic N) is 2. The van der Waals surface area contributed by atoms with Crippen molar-refractivity contribution in [1.82, 2.24) is 9.88 Å². The molecular formula is C12H20N2O2. The van der Waals surface area contributed by atoms with Crippen LogP contribution in [0.3, 0.4) is 0 Å². The van der Waals surface area contributed by atoms with Crippen LogP contribution in [0.5, 0.6) is 0 Å². The molecule has 1 rings (SSSR count). The molecule has 0 fully saturated rings. The molecule has 0 bridgehead atoms. The lowest BCUT2D eigenvalue weighted by molar-refractivity contribution is 0.126. The summed E-state index contributed by atoms with van der Waals surface area (Å²) in [6.07, 6.45) is 1.86. The van der Waals surface area contributed by atoms with Gasteiger partial charge in [-0.25, -0.2) is 0 Å². The first-order valence-electron chi connectivity index (χ1n) is 5.50. The predicted octanol–water partition coefficient (Wildman–Crippen LogP) is 0.831. The van der Waals surface area contributed by atoms with E-state index in [2.05, 4.69) is 16.0 Å². The highest BCUT2D eigenvalue weighted by Crippen LogP contribution is 2.03. The fourth-order valence-corrected chi connectivity index (χ4v) is 1.45. The molecule has 4 nitrogen and oxygen atoms in total. The molecule has 90 valence electrons. The maximum absolute atomic E-state index is 8.96. The van der Waals surface area contributed by atoms with Crippen molar-refractivity contribution in [2.75, 3.05) is 33.4 Å². The lowest BCUT2D eigenvalue weighted by Crippen LogP contribution is -2.30. The van der Waals surface area contributed by atoms with E-state index in [1.165, 1.54) is 0 Å². The lowest BCUT2D eigenvalue weighted by atomic mass is 10.2. The molecule has 16 heavy (non-hydrogen) atoms. The van der Waals surface area contributed by atoms with E-state index in [-0.39, 0.29) is 6.61 Å². The molecular weight excluding hydrogens is 204 g/mol. The number of pyridine rings is 1. The van der Waals surface area contributed by atoms with Crippen LogP contribution in [0.2, 0.25) is 0 Å². The average Bonchev–Trinajstić information content (AvgIpc) is 2.29. The largest absolute Gasteiger partial charge is 0.395 e. The molecule has 1 aromatic heterocycles. The molecule has 1 N–H and O–H groups in total. The number of rotatable bonds is 7. The molecule has 1 aromatic rings. The van der Waals surface area contributed by atoms with Crippen LogP contribution in [-0.2, 0) is 11.3 Å². The zero-order chi connectivity index (χ0) is 11.8. The SMILES string of the molecule is COCCN(CCO)Cc1ccc(C)cn1. The van der Waals surface area contributed by atoms with Crippen LogP contribution in [0.25, 0.3) is 0 Å². The molecule has 0 saturated heterocycles. The fraction of sp³-hybridized carbons (Fsp3) is 0.583. The number of methoxy groups -OCH3 is 1. The average molecular weight is 224 g/mol. The van der Waals surface area contributed by atoms with Crippen molar-refractivity contribution in [1.29, 1.82) is 0 Å². The van der Waals surface area contributed by atoms with E-state index in [0.29, 0.717) is 13.2 Å². The minimum Gasteiger partial charge on any atom is -0.395 e. The van der Waals surface area contributed by atoms with Gasteiger partial charge in [0.05, 0.1) is 18.9 Å². The smallest absolute Gasteiger partial charge is 0.0589 e. The Hall–Kier alpha value is -0.970. The molecule has 0 aliphatic rings. The number of aliphatic hydroxyl groups excluding tert-OH is 1. The summed E-state index contributed by atoms with van der Waals surface area (Å²) in [6.45, 7) is 5.07. The van der Waals surface area contributed by atoms with Crippen molar-refractivity contribution < 1.29 is 9.84 Å². The minimum absolute atomic E-state index is 0.162. The van der Waals surface area contributed by atoms with Crippen molar-refractivity contribution in [3.05, 3.63) is 29.6 Å². The third kappa shape index (κ3) is 4.70. The van der Waals surface area contributed by atoms with Crippen molar-refractivity contribution in [3.63, 3.8) is 0 Å². The summed E-state index contributed by atoms with van der Waals surface area (Å²) in [5.74, 6) is 0. The van der Waals surface area contributed by atoms with Crippen molar-refractivity contribution in [3.8, 4) is 0 Å². The van der Waals surface area contributed by atoms with E-state index in [1.807, 2.05) is 19.2 Å². The van der Waals surface area contributed by atoms with Gasteiger partial charge in [-0.05, 0) is 18.6 Å². The first-order chi connectivity index (χ1) is 7.76. The maximum atomic E-state index is 8.96. The summed E-state index contributed by atoms with van der Waals surface area (Å²) in [5, 5.41) is 8.96. The summed E-state index contributed by atoms with van der Waals surface area (Å²) in [7, 11) is 1.68. The Balaban J connectivity index is 2.49. The molecule has 0 spiro atoms. The molecule has 0 aliphatic heterocycles. The van der Waals surface area contributed by atoms with Crippen LogP contribution in [-0.4, -0.2) is 48.4 Å². The summed E-state index contributed by atoms with van der Waals surface area (Å²) in [5.41, 5.74) is 2.18. The molecule has 0 radical (unpaired) electrons. The Morgan fingerprint density at radius 2 is 2.19 bits per heavy atom. The zero-order valence-electron chi connectivity index (χ0n) is 10.0. The Bertz CT molecular complexity index is 288. The van der Waals surface area contributed by atoms with E-state index in [0.717, 1.165) is 24.3 Å². The molecule has 0 atom stereocenters. The summed E-state index contributed by atoms with van der Waals surface area (Å²) in [4.78, 5) is 6.47. The van der Waals surface area contributed by atoms with E-state index in [9.17, 15) is 0 Å². The zero-order valence-corrected chi connectivity index (χ0v) is 10.0. The minimum atomic E-state index is 0.162. The topological polar surface area (TPSA) is 45.6 Å².